The second-order valence-corrected chi connectivity index (χ2v) is 2.22. The molecule has 1 amide bonds. The van der Waals surface area contributed by atoms with Gasteiger partial charge < -0.3 is 14.7 Å². The van der Waals surface area contributed by atoms with Crippen molar-refractivity contribution < 1.29 is 14.6 Å². The monoisotopic (exact) mass is 156 g/mol. The van der Waals surface area contributed by atoms with Gasteiger partial charge in [0.25, 0.3) is 0 Å². The number of rotatable bonds is 0. The molecule has 60 valence electrons. The van der Waals surface area contributed by atoms with Crippen LogP contribution in [0, 0.1) is 11.3 Å². The van der Waals surface area contributed by atoms with Crippen LogP contribution >= 0.6 is 0 Å². The lowest BCUT2D eigenvalue weighted by Crippen LogP contribution is -2.44. The Bertz CT molecular complexity index is 198. The van der Waals surface area contributed by atoms with Crippen molar-refractivity contribution in [1.29, 1.82) is 5.26 Å². The highest BCUT2D eigenvalue weighted by Crippen LogP contribution is 2.03. The van der Waals surface area contributed by atoms with Gasteiger partial charge in [0.1, 0.15) is 0 Å². The van der Waals surface area contributed by atoms with E-state index < -0.39 is 12.2 Å². The fourth-order valence-electron chi connectivity index (χ4n) is 0.901. The molecular formula is C6H8N2O3. The average molecular weight is 156 g/mol. The number of nitrogens with zero attached hydrogens (tertiary/aromatic N) is 2. The van der Waals surface area contributed by atoms with Crippen molar-refractivity contribution in [2.24, 2.45) is 0 Å². The van der Waals surface area contributed by atoms with Gasteiger partial charge in [-0.3, -0.25) is 0 Å². The van der Waals surface area contributed by atoms with Crippen LogP contribution in [0.2, 0.25) is 0 Å². The zero-order chi connectivity index (χ0) is 8.27. The molecule has 5 nitrogen and oxygen atoms in total. The standard InChI is InChI=1S/C6H8N2O3/c7-3-5-4-8(6(9)10)1-2-11-5/h5H,1-2,4H2,(H,9,10). The van der Waals surface area contributed by atoms with Gasteiger partial charge in [0.2, 0.25) is 0 Å². The molecule has 1 saturated heterocycles. The van der Waals surface area contributed by atoms with E-state index in [4.69, 9.17) is 15.1 Å². The van der Waals surface area contributed by atoms with Gasteiger partial charge in [0.15, 0.2) is 6.10 Å². The number of amides is 1. The first kappa shape index (κ1) is 7.82. The fraction of sp³-hybridized carbons (Fsp3) is 0.667. The Balaban J connectivity index is 2.47. The minimum Gasteiger partial charge on any atom is -0.465 e. The lowest BCUT2D eigenvalue weighted by atomic mass is 10.3. The first-order valence-corrected chi connectivity index (χ1v) is 3.23. The lowest BCUT2D eigenvalue weighted by Gasteiger charge is -2.26. The molecule has 1 fully saturated rings. The third-order valence-electron chi connectivity index (χ3n) is 1.48. The largest absolute Gasteiger partial charge is 0.465 e. The molecule has 1 unspecified atom stereocenters. The maximum Gasteiger partial charge on any atom is 0.407 e. The van der Waals surface area contributed by atoms with Crippen LogP contribution in [0.1, 0.15) is 0 Å². The van der Waals surface area contributed by atoms with Crippen LogP contribution in [0.3, 0.4) is 0 Å². The van der Waals surface area contributed by atoms with E-state index in [-0.39, 0.29) is 6.54 Å². The van der Waals surface area contributed by atoms with Crippen LogP contribution in [0.25, 0.3) is 0 Å². The highest BCUT2D eigenvalue weighted by Gasteiger charge is 2.22. The summed E-state index contributed by atoms with van der Waals surface area (Å²) in [6.45, 7) is 0.823. The maximum absolute atomic E-state index is 10.4. The summed E-state index contributed by atoms with van der Waals surface area (Å²) in [6.07, 6.45) is -1.59. The van der Waals surface area contributed by atoms with Crippen molar-refractivity contribution in [2.75, 3.05) is 19.7 Å². The summed E-state index contributed by atoms with van der Waals surface area (Å²) >= 11 is 0. The number of morpholine rings is 1. The molecule has 1 aliphatic heterocycles. The van der Waals surface area contributed by atoms with Gasteiger partial charge in [-0.15, -0.1) is 0 Å². The summed E-state index contributed by atoms with van der Waals surface area (Å²) in [5.41, 5.74) is 0. The van der Waals surface area contributed by atoms with Crippen LogP contribution in [0.4, 0.5) is 4.79 Å². The molecule has 0 bridgehead atoms. The molecule has 5 heteroatoms. The predicted octanol–water partition coefficient (Wildman–Crippen LogP) is -0.111. The fourth-order valence-corrected chi connectivity index (χ4v) is 0.901. The third-order valence-corrected chi connectivity index (χ3v) is 1.48. The molecule has 0 aromatic rings. The van der Waals surface area contributed by atoms with E-state index in [1.165, 1.54) is 4.90 Å². The SMILES string of the molecule is N#CC1CN(C(=O)O)CCO1. The molecule has 11 heavy (non-hydrogen) atoms. The van der Waals surface area contributed by atoms with Crippen molar-refractivity contribution in [3.8, 4) is 6.07 Å². The molecule has 1 aliphatic rings. The third kappa shape index (κ3) is 1.82. The second-order valence-electron chi connectivity index (χ2n) is 2.22. The van der Waals surface area contributed by atoms with Crippen LogP contribution < -0.4 is 0 Å². The second kappa shape index (κ2) is 3.21. The number of carbonyl (C=O) groups is 1. The molecule has 0 radical (unpaired) electrons. The van der Waals surface area contributed by atoms with Crippen molar-refractivity contribution >= 4 is 6.09 Å². The molecule has 0 aliphatic carbocycles. The van der Waals surface area contributed by atoms with Gasteiger partial charge in [0, 0.05) is 6.54 Å². The zero-order valence-corrected chi connectivity index (χ0v) is 5.86. The summed E-state index contributed by atoms with van der Waals surface area (Å²) in [6, 6.07) is 1.86. The predicted molar refractivity (Wildman–Crippen MR) is 35.0 cm³/mol. The molecule has 0 aromatic carbocycles. The normalized spacial score (nSPS) is 24.3. The van der Waals surface area contributed by atoms with Crippen molar-refractivity contribution in [3.63, 3.8) is 0 Å². The molecule has 1 heterocycles. The number of carboxylic acid groups (broad SMARTS) is 1. The summed E-state index contributed by atoms with van der Waals surface area (Å²) in [4.78, 5) is 11.6. The Morgan fingerprint density at radius 2 is 2.55 bits per heavy atom. The first-order valence-electron chi connectivity index (χ1n) is 3.23. The Kier molecular flexibility index (Phi) is 2.28. The van der Waals surface area contributed by atoms with E-state index in [0.29, 0.717) is 13.2 Å². The summed E-state index contributed by atoms with van der Waals surface area (Å²) in [5, 5.41) is 16.9. The quantitative estimate of drug-likeness (QED) is 0.531. The van der Waals surface area contributed by atoms with Crippen molar-refractivity contribution in [3.05, 3.63) is 0 Å². The summed E-state index contributed by atoms with van der Waals surface area (Å²) in [5.74, 6) is 0. The lowest BCUT2D eigenvalue weighted by molar-refractivity contribution is 0.00568. The van der Waals surface area contributed by atoms with E-state index in [9.17, 15) is 4.79 Å². The van der Waals surface area contributed by atoms with Crippen molar-refractivity contribution in [2.45, 2.75) is 6.10 Å². The Morgan fingerprint density at radius 3 is 3.09 bits per heavy atom. The van der Waals surface area contributed by atoms with E-state index in [1.807, 2.05) is 6.07 Å². The van der Waals surface area contributed by atoms with E-state index in [2.05, 4.69) is 0 Å². The summed E-state index contributed by atoms with van der Waals surface area (Å²) in [7, 11) is 0. The molecule has 1 N–H and O–H groups in total. The van der Waals surface area contributed by atoms with E-state index in [0.717, 1.165) is 0 Å². The highest BCUT2D eigenvalue weighted by atomic mass is 16.5. The van der Waals surface area contributed by atoms with Gasteiger partial charge in [-0.2, -0.15) is 5.26 Å². The van der Waals surface area contributed by atoms with Gasteiger partial charge in [-0.05, 0) is 0 Å². The van der Waals surface area contributed by atoms with E-state index in [1.54, 1.807) is 0 Å². The Hall–Kier alpha value is -1.28. The highest BCUT2D eigenvalue weighted by molar-refractivity contribution is 5.65. The summed E-state index contributed by atoms with van der Waals surface area (Å²) < 4.78 is 4.94. The number of nitriles is 1. The topological polar surface area (TPSA) is 73.6 Å². The van der Waals surface area contributed by atoms with Crippen LogP contribution in [0.15, 0.2) is 0 Å². The first-order chi connectivity index (χ1) is 5.24. The molecule has 0 aromatic heterocycles. The molecule has 1 rings (SSSR count). The Morgan fingerprint density at radius 1 is 1.82 bits per heavy atom. The van der Waals surface area contributed by atoms with Gasteiger partial charge >= 0.3 is 6.09 Å². The Labute approximate surface area is 63.8 Å². The molecule has 0 spiro atoms. The van der Waals surface area contributed by atoms with Crippen LogP contribution in [0.5, 0.6) is 0 Å². The maximum atomic E-state index is 10.4. The zero-order valence-electron chi connectivity index (χ0n) is 5.86. The number of hydrogen-bond acceptors (Lipinski definition) is 3. The minimum absolute atomic E-state index is 0.159. The van der Waals surface area contributed by atoms with Gasteiger partial charge in [-0.1, -0.05) is 0 Å². The molecular weight excluding hydrogens is 148 g/mol. The minimum atomic E-state index is -0.992. The molecule has 0 saturated carbocycles. The van der Waals surface area contributed by atoms with Crippen molar-refractivity contribution in [1.82, 2.24) is 4.90 Å². The van der Waals surface area contributed by atoms with Gasteiger partial charge in [-0.25, -0.2) is 4.79 Å². The smallest absolute Gasteiger partial charge is 0.407 e. The van der Waals surface area contributed by atoms with Gasteiger partial charge in [0.05, 0.1) is 19.2 Å². The number of hydrogen-bond donors (Lipinski definition) is 1. The number of ether oxygens (including phenoxy) is 1. The average Bonchev–Trinajstić information content (AvgIpc) is 2.05. The van der Waals surface area contributed by atoms with Crippen LogP contribution in [-0.4, -0.2) is 41.9 Å². The molecule has 1 atom stereocenters. The van der Waals surface area contributed by atoms with E-state index >= 15 is 0 Å². The van der Waals surface area contributed by atoms with Crippen LogP contribution in [-0.2, 0) is 4.74 Å².